The number of nitrogens with zero attached hydrogens (tertiary/aromatic N) is 1. The van der Waals surface area contributed by atoms with Crippen molar-refractivity contribution in [2.24, 2.45) is 11.7 Å². The quantitative estimate of drug-likeness (QED) is 0.813. The van der Waals surface area contributed by atoms with Crippen LogP contribution in [0.25, 0.3) is 0 Å². The molecule has 6 heteroatoms. The lowest BCUT2D eigenvalue weighted by molar-refractivity contribution is -0.120. The summed E-state index contributed by atoms with van der Waals surface area (Å²) in [6, 6.07) is 9.03. The molecule has 5 nitrogen and oxygen atoms in total. The number of hydrogen-bond donors (Lipinski definition) is 2. The van der Waals surface area contributed by atoms with Crippen LogP contribution in [0.3, 0.4) is 0 Å². The molecule has 1 aromatic rings. The maximum absolute atomic E-state index is 12.9. The number of hydrogen-bond acceptors (Lipinski definition) is 3. The summed E-state index contributed by atoms with van der Waals surface area (Å²) in [5.74, 6) is 0.172. The minimum atomic E-state index is -0.375. The van der Waals surface area contributed by atoms with Crippen LogP contribution in [-0.2, 0) is 9.59 Å². The summed E-state index contributed by atoms with van der Waals surface area (Å²) in [5.41, 5.74) is 7.25. The molecule has 2 atom stereocenters. The zero-order valence-electron chi connectivity index (χ0n) is 14.7. The minimum absolute atomic E-state index is 0. The van der Waals surface area contributed by atoms with E-state index in [1.165, 1.54) is 12.8 Å². The molecule has 0 aromatic heterocycles. The Kier molecular flexibility index (Phi) is 6.85. The van der Waals surface area contributed by atoms with Crippen LogP contribution < -0.4 is 16.0 Å². The van der Waals surface area contributed by atoms with E-state index in [1.54, 1.807) is 4.90 Å². The standard InChI is InChI=1S/C19H27N3O2.ClH/c1-13-3-2-4-17(9-13)22(8-7-18(20)23)19(24)12-14-10-15-5-6-16(11-14)21-15;/h2-4,9,14-16,21H,5-8,10-12H2,1H3,(H2,20,23);1H. The summed E-state index contributed by atoms with van der Waals surface area (Å²) < 4.78 is 0. The van der Waals surface area contributed by atoms with Gasteiger partial charge in [0.25, 0.3) is 0 Å². The van der Waals surface area contributed by atoms with Crippen LogP contribution in [0.15, 0.2) is 24.3 Å². The first-order chi connectivity index (χ1) is 11.5. The number of benzene rings is 1. The molecule has 2 unspecified atom stereocenters. The fourth-order valence-electron chi connectivity index (χ4n) is 4.11. The van der Waals surface area contributed by atoms with Gasteiger partial charge >= 0.3 is 0 Å². The van der Waals surface area contributed by atoms with E-state index >= 15 is 0 Å². The van der Waals surface area contributed by atoms with Crippen molar-refractivity contribution in [2.45, 2.75) is 57.5 Å². The van der Waals surface area contributed by atoms with Crippen LogP contribution in [0.4, 0.5) is 5.69 Å². The molecule has 2 saturated heterocycles. The summed E-state index contributed by atoms with van der Waals surface area (Å²) in [6.07, 6.45) is 5.38. The lowest BCUT2D eigenvalue weighted by Gasteiger charge is -2.31. The molecule has 2 aliphatic heterocycles. The average molecular weight is 366 g/mol. The number of aryl methyl sites for hydroxylation is 1. The molecule has 2 bridgehead atoms. The minimum Gasteiger partial charge on any atom is -0.370 e. The van der Waals surface area contributed by atoms with E-state index in [0.717, 1.165) is 24.1 Å². The monoisotopic (exact) mass is 365 g/mol. The molecule has 0 radical (unpaired) electrons. The molecule has 138 valence electrons. The molecule has 0 aliphatic carbocycles. The molecule has 25 heavy (non-hydrogen) atoms. The third-order valence-corrected chi connectivity index (χ3v) is 5.23. The predicted octanol–water partition coefficient (Wildman–Crippen LogP) is 2.55. The Morgan fingerprint density at radius 2 is 1.92 bits per heavy atom. The van der Waals surface area contributed by atoms with Gasteiger partial charge in [0.15, 0.2) is 0 Å². The Morgan fingerprint density at radius 1 is 1.24 bits per heavy atom. The zero-order valence-corrected chi connectivity index (χ0v) is 15.6. The van der Waals surface area contributed by atoms with E-state index in [-0.39, 0.29) is 30.6 Å². The van der Waals surface area contributed by atoms with Gasteiger partial charge in [-0.2, -0.15) is 0 Å². The van der Waals surface area contributed by atoms with E-state index in [1.807, 2.05) is 31.2 Å². The maximum atomic E-state index is 12.9. The lowest BCUT2D eigenvalue weighted by atomic mass is 9.89. The van der Waals surface area contributed by atoms with Gasteiger partial charge < -0.3 is 16.0 Å². The van der Waals surface area contributed by atoms with Crippen LogP contribution >= 0.6 is 12.4 Å². The number of rotatable bonds is 6. The van der Waals surface area contributed by atoms with Crippen LogP contribution in [0.1, 0.15) is 44.1 Å². The Morgan fingerprint density at radius 3 is 2.52 bits per heavy atom. The van der Waals surface area contributed by atoms with Gasteiger partial charge in [0.1, 0.15) is 0 Å². The van der Waals surface area contributed by atoms with Crippen molar-refractivity contribution in [2.75, 3.05) is 11.4 Å². The largest absolute Gasteiger partial charge is 0.370 e. The number of anilines is 1. The summed E-state index contributed by atoms with van der Waals surface area (Å²) in [4.78, 5) is 25.8. The van der Waals surface area contributed by atoms with E-state index in [2.05, 4.69) is 5.32 Å². The first kappa shape index (κ1) is 19.7. The summed E-state index contributed by atoms with van der Waals surface area (Å²) >= 11 is 0. The van der Waals surface area contributed by atoms with Gasteiger partial charge in [0, 0.05) is 37.2 Å². The molecule has 1 aromatic carbocycles. The van der Waals surface area contributed by atoms with Crippen molar-refractivity contribution < 1.29 is 9.59 Å². The van der Waals surface area contributed by atoms with Gasteiger partial charge in [0.2, 0.25) is 11.8 Å². The molecule has 2 amide bonds. The maximum Gasteiger partial charge on any atom is 0.227 e. The van der Waals surface area contributed by atoms with Crippen LogP contribution in [0, 0.1) is 12.8 Å². The first-order valence-corrected chi connectivity index (χ1v) is 8.92. The highest BCUT2D eigenvalue weighted by Crippen LogP contribution is 2.33. The van der Waals surface area contributed by atoms with Crippen LogP contribution in [0.2, 0.25) is 0 Å². The Labute approximate surface area is 155 Å². The highest BCUT2D eigenvalue weighted by molar-refractivity contribution is 5.94. The second-order valence-electron chi connectivity index (χ2n) is 7.28. The van der Waals surface area contributed by atoms with Crippen molar-refractivity contribution in [3.05, 3.63) is 29.8 Å². The number of nitrogens with two attached hydrogens (primary N) is 1. The number of nitrogens with one attached hydrogen (secondary N) is 1. The Hall–Kier alpha value is -1.59. The van der Waals surface area contributed by atoms with E-state index in [9.17, 15) is 9.59 Å². The van der Waals surface area contributed by atoms with Gasteiger partial charge in [-0.1, -0.05) is 12.1 Å². The molecule has 2 heterocycles. The fourth-order valence-corrected chi connectivity index (χ4v) is 4.11. The molecule has 3 rings (SSSR count). The molecular formula is C19H28ClN3O2. The normalized spacial score (nSPS) is 24.4. The summed E-state index contributed by atoms with van der Waals surface area (Å²) in [7, 11) is 0. The summed E-state index contributed by atoms with van der Waals surface area (Å²) in [6.45, 7) is 2.36. The number of fused-ring (bicyclic) bond motifs is 2. The highest BCUT2D eigenvalue weighted by atomic mass is 35.5. The highest BCUT2D eigenvalue weighted by Gasteiger charge is 2.35. The SMILES string of the molecule is Cc1cccc(N(CCC(N)=O)C(=O)CC2CC3CCC(C2)N3)c1.Cl. The van der Waals surface area contributed by atoms with Gasteiger partial charge in [-0.25, -0.2) is 0 Å². The zero-order chi connectivity index (χ0) is 17.1. The number of halogens is 1. The average Bonchev–Trinajstić information content (AvgIpc) is 2.86. The van der Waals surface area contributed by atoms with E-state index in [0.29, 0.717) is 31.0 Å². The Balaban J connectivity index is 0.00000225. The fraction of sp³-hybridized carbons (Fsp3) is 0.579. The van der Waals surface area contributed by atoms with E-state index in [4.69, 9.17) is 5.73 Å². The van der Waals surface area contributed by atoms with Crippen LogP contribution in [-0.4, -0.2) is 30.4 Å². The van der Waals surface area contributed by atoms with E-state index < -0.39 is 0 Å². The van der Waals surface area contributed by atoms with Gasteiger partial charge in [-0.15, -0.1) is 12.4 Å². The number of amides is 2. The second-order valence-corrected chi connectivity index (χ2v) is 7.28. The molecule has 0 spiro atoms. The number of primary amides is 1. The number of piperidine rings is 1. The van der Waals surface area contributed by atoms with Gasteiger partial charge in [-0.3, -0.25) is 9.59 Å². The van der Waals surface area contributed by atoms with Gasteiger partial charge in [-0.05, 0) is 56.2 Å². The molecule has 3 N–H and O–H groups in total. The lowest BCUT2D eigenvalue weighted by Crippen LogP contribution is -2.41. The van der Waals surface area contributed by atoms with Crippen molar-refractivity contribution in [3.8, 4) is 0 Å². The van der Waals surface area contributed by atoms with Crippen molar-refractivity contribution in [1.29, 1.82) is 0 Å². The van der Waals surface area contributed by atoms with Crippen molar-refractivity contribution in [3.63, 3.8) is 0 Å². The topological polar surface area (TPSA) is 75.4 Å². The molecule has 0 saturated carbocycles. The van der Waals surface area contributed by atoms with Crippen molar-refractivity contribution >= 4 is 29.9 Å². The first-order valence-electron chi connectivity index (χ1n) is 8.92. The number of carbonyl (C=O) groups is 2. The third-order valence-electron chi connectivity index (χ3n) is 5.23. The molecule has 2 aliphatic rings. The third kappa shape index (κ3) is 5.19. The predicted molar refractivity (Wildman–Crippen MR) is 102 cm³/mol. The number of carbonyl (C=O) groups excluding carboxylic acids is 2. The smallest absolute Gasteiger partial charge is 0.227 e. The Bertz CT molecular complexity index is 610. The summed E-state index contributed by atoms with van der Waals surface area (Å²) in [5, 5.41) is 3.62. The van der Waals surface area contributed by atoms with Gasteiger partial charge in [0.05, 0.1) is 0 Å². The van der Waals surface area contributed by atoms with Crippen molar-refractivity contribution in [1.82, 2.24) is 5.32 Å². The van der Waals surface area contributed by atoms with Crippen LogP contribution in [0.5, 0.6) is 0 Å². The molecule has 2 fully saturated rings. The molecular weight excluding hydrogens is 338 g/mol. The second kappa shape index (κ2) is 8.68.